The molecule has 0 spiro atoms. The first kappa shape index (κ1) is 18.2. The molecule has 0 radical (unpaired) electrons. The van der Waals surface area contributed by atoms with Crippen molar-refractivity contribution < 1.29 is 14.6 Å². The number of rotatable bonds is 7. The molecule has 3 heterocycles. The van der Waals surface area contributed by atoms with E-state index in [4.69, 9.17) is 4.74 Å². The van der Waals surface area contributed by atoms with Crippen molar-refractivity contribution in [2.75, 3.05) is 46.4 Å². The molecule has 1 aromatic heterocycles. The SMILES string of the molecule is COCCN1C[C@@H]2CN(Cc3cn[nH]c3-c3ccccc3)C[C@]2(C(=O)O)C1. The van der Waals surface area contributed by atoms with Gasteiger partial charge in [0.15, 0.2) is 0 Å². The van der Waals surface area contributed by atoms with Crippen LogP contribution in [-0.2, 0) is 16.1 Å². The zero-order valence-corrected chi connectivity index (χ0v) is 15.6. The van der Waals surface area contributed by atoms with Crippen LogP contribution in [0, 0.1) is 11.3 Å². The summed E-state index contributed by atoms with van der Waals surface area (Å²) in [5, 5.41) is 17.3. The Hall–Kier alpha value is -2.22. The van der Waals surface area contributed by atoms with E-state index in [1.54, 1.807) is 7.11 Å². The summed E-state index contributed by atoms with van der Waals surface area (Å²) in [6, 6.07) is 10.1. The highest BCUT2D eigenvalue weighted by Gasteiger charge is 2.57. The molecule has 0 bridgehead atoms. The highest BCUT2D eigenvalue weighted by Crippen LogP contribution is 2.43. The van der Waals surface area contributed by atoms with E-state index in [1.165, 1.54) is 0 Å². The number of nitrogens with zero attached hydrogens (tertiary/aromatic N) is 3. The van der Waals surface area contributed by atoms with Gasteiger partial charge in [0, 0.05) is 57.9 Å². The second-order valence-corrected chi connectivity index (χ2v) is 7.69. The van der Waals surface area contributed by atoms with E-state index in [0.29, 0.717) is 26.2 Å². The lowest BCUT2D eigenvalue weighted by Crippen LogP contribution is -2.41. The summed E-state index contributed by atoms with van der Waals surface area (Å²) in [7, 11) is 1.68. The number of hydrogen-bond donors (Lipinski definition) is 2. The number of carboxylic acids is 1. The average Bonchev–Trinajstić information content (AvgIpc) is 3.34. The fourth-order valence-corrected chi connectivity index (χ4v) is 4.61. The van der Waals surface area contributed by atoms with Gasteiger partial charge in [0.05, 0.1) is 23.9 Å². The smallest absolute Gasteiger partial charge is 0.312 e. The monoisotopic (exact) mass is 370 g/mol. The molecule has 144 valence electrons. The molecule has 2 N–H and O–H groups in total. The van der Waals surface area contributed by atoms with Gasteiger partial charge >= 0.3 is 5.97 Å². The average molecular weight is 370 g/mol. The Morgan fingerprint density at radius 1 is 1.30 bits per heavy atom. The zero-order valence-electron chi connectivity index (χ0n) is 15.6. The maximum atomic E-state index is 12.2. The summed E-state index contributed by atoms with van der Waals surface area (Å²) in [6.45, 7) is 4.95. The van der Waals surface area contributed by atoms with Gasteiger partial charge in [-0.3, -0.25) is 19.7 Å². The molecular weight excluding hydrogens is 344 g/mol. The van der Waals surface area contributed by atoms with Gasteiger partial charge in [-0.2, -0.15) is 5.10 Å². The maximum absolute atomic E-state index is 12.2. The predicted octanol–water partition coefficient (Wildman–Crippen LogP) is 1.54. The number of nitrogens with one attached hydrogen (secondary N) is 1. The quantitative estimate of drug-likeness (QED) is 0.770. The van der Waals surface area contributed by atoms with Gasteiger partial charge in [-0.1, -0.05) is 30.3 Å². The molecular formula is C20H26N4O3. The number of likely N-dealkylation sites (tertiary alicyclic amines) is 2. The molecule has 2 aliphatic heterocycles. The Bertz CT molecular complexity index is 794. The molecule has 2 fully saturated rings. The van der Waals surface area contributed by atoms with Crippen LogP contribution in [0.2, 0.25) is 0 Å². The van der Waals surface area contributed by atoms with E-state index < -0.39 is 11.4 Å². The van der Waals surface area contributed by atoms with Gasteiger partial charge in [0.25, 0.3) is 0 Å². The summed E-state index contributed by atoms with van der Waals surface area (Å²) in [4.78, 5) is 16.7. The van der Waals surface area contributed by atoms with E-state index in [2.05, 4.69) is 32.1 Å². The van der Waals surface area contributed by atoms with E-state index in [1.807, 2.05) is 24.4 Å². The van der Waals surface area contributed by atoms with Crippen molar-refractivity contribution in [2.24, 2.45) is 11.3 Å². The minimum atomic E-state index is -0.676. The topological polar surface area (TPSA) is 81.7 Å². The van der Waals surface area contributed by atoms with Crippen LogP contribution < -0.4 is 0 Å². The van der Waals surface area contributed by atoms with E-state index >= 15 is 0 Å². The summed E-state index contributed by atoms with van der Waals surface area (Å²) in [6.07, 6.45) is 1.86. The van der Waals surface area contributed by atoms with Crippen LogP contribution in [0.25, 0.3) is 11.3 Å². The number of fused-ring (bicyclic) bond motifs is 1. The van der Waals surface area contributed by atoms with Crippen LogP contribution in [0.5, 0.6) is 0 Å². The summed E-state index contributed by atoms with van der Waals surface area (Å²) in [5.41, 5.74) is 2.55. The molecule has 0 saturated carbocycles. The number of aliphatic carboxylic acids is 1. The molecule has 0 unspecified atom stereocenters. The standard InChI is InChI=1S/C20H26N4O3/c1-27-8-7-23-11-17-12-24(14-20(17,13-23)19(25)26)10-16-9-21-22-18(16)15-5-3-2-4-6-15/h2-6,9,17H,7-8,10-14H2,1H3,(H,21,22)(H,25,26)/t17-,20-/m1/s1. The molecule has 2 atom stereocenters. The maximum Gasteiger partial charge on any atom is 0.312 e. The summed E-state index contributed by atoms with van der Waals surface area (Å²) < 4.78 is 5.16. The van der Waals surface area contributed by atoms with Crippen LogP contribution in [-0.4, -0.2) is 77.5 Å². The molecule has 7 nitrogen and oxygen atoms in total. The number of ether oxygens (including phenoxy) is 1. The fourth-order valence-electron chi connectivity index (χ4n) is 4.61. The molecule has 27 heavy (non-hydrogen) atoms. The van der Waals surface area contributed by atoms with Crippen molar-refractivity contribution >= 4 is 5.97 Å². The first-order valence-electron chi connectivity index (χ1n) is 9.37. The zero-order chi connectivity index (χ0) is 18.9. The van der Waals surface area contributed by atoms with Crippen LogP contribution in [0.3, 0.4) is 0 Å². The van der Waals surface area contributed by atoms with Crippen molar-refractivity contribution in [1.82, 2.24) is 20.0 Å². The number of H-pyrrole nitrogens is 1. The number of aromatic nitrogens is 2. The first-order valence-corrected chi connectivity index (χ1v) is 9.37. The number of aromatic amines is 1. The van der Waals surface area contributed by atoms with Crippen molar-refractivity contribution in [3.8, 4) is 11.3 Å². The summed E-state index contributed by atoms with van der Waals surface area (Å²) >= 11 is 0. The van der Waals surface area contributed by atoms with Gasteiger partial charge in [0.1, 0.15) is 0 Å². The summed E-state index contributed by atoms with van der Waals surface area (Å²) in [5.74, 6) is -0.524. The molecule has 4 rings (SSSR count). The molecule has 0 amide bonds. The predicted molar refractivity (Wildman–Crippen MR) is 101 cm³/mol. The van der Waals surface area contributed by atoms with Gasteiger partial charge in [-0.05, 0) is 5.56 Å². The fraction of sp³-hybridized carbons (Fsp3) is 0.500. The minimum absolute atomic E-state index is 0.152. The van der Waals surface area contributed by atoms with Crippen molar-refractivity contribution in [2.45, 2.75) is 6.54 Å². The number of carbonyl (C=O) groups is 1. The lowest BCUT2D eigenvalue weighted by Gasteiger charge is -2.25. The molecule has 2 saturated heterocycles. The number of carboxylic acid groups (broad SMARTS) is 1. The Balaban J connectivity index is 1.48. The lowest BCUT2D eigenvalue weighted by molar-refractivity contribution is -0.149. The number of hydrogen-bond acceptors (Lipinski definition) is 5. The van der Waals surface area contributed by atoms with Crippen molar-refractivity contribution in [1.29, 1.82) is 0 Å². The Morgan fingerprint density at radius 2 is 2.04 bits per heavy atom. The second kappa shape index (κ2) is 7.42. The van der Waals surface area contributed by atoms with Crippen LogP contribution in [0.4, 0.5) is 0 Å². The highest BCUT2D eigenvalue weighted by atomic mass is 16.5. The van der Waals surface area contributed by atoms with Crippen molar-refractivity contribution in [3.05, 3.63) is 42.1 Å². The number of benzene rings is 1. The Morgan fingerprint density at radius 3 is 2.74 bits per heavy atom. The van der Waals surface area contributed by atoms with Gasteiger partial charge in [-0.15, -0.1) is 0 Å². The van der Waals surface area contributed by atoms with Gasteiger partial charge in [-0.25, -0.2) is 0 Å². The minimum Gasteiger partial charge on any atom is -0.481 e. The van der Waals surface area contributed by atoms with Crippen molar-refractivity contribution in [3.63, 3.8) is 0 Å². The number of methoxy groups -OCH3 is 1. The largest absolute Gasteiger partial charge is 0.481 e. The van der Waals surface area contributed by atoms with E-state index in [0.717, 1.165) is 36.5 Å². The lowest BCUT2D eigenvalue weighted by atomic mass is 9.81. The van der Waals surface area contributed by atoms with Crippen LogP contribution in [0.15, 0.2) is 36.5 Å². The Labute approximate surface area is 158 Å². The highest BCUT2D eigenvalue weighted by molar-refractivity contribution is 5.77. The van der Waals surface area contributed by atoms with Gasteiger partial charge in [0.2, 0.25) is 0 Å². The molecule has 7 heteroatoms. The molecule has 1 aromatic carbocycles. The normalized spacial score (nSPS) is 25.7. The molecule has 2 aliphatic rings. The third-order valence-corrected chi connectivity index (χ3v) is 5.96. The molecule has 2 aromatic rings. The second-order valence-electron chi connectivity index (χ2n) is 7.69. The third kappa shape index (κ3) is 3.38. The Kier molecular flexibility index (Phi) is 4.99. The van der Waals surface area contributed by atoms with Crippen LogP contribution >= 0.6 is 0 Å². The van der Waals surface area contributed by atoms with E-state index in [9.17, 15) is 9.90 Å². The van der Waals surface area contributed by atoms with Crippen LogP contribution in [0.1, 0.15) is 5.56 Å². The van der Waals surface area contributed by atoms with Gasteiger partial charge < -0.3 is 9.84 Å². The third-order valence-electron chi connectivity index (χ3n) is 5.96. The van der Waals surface area contributed by atoms with E-state index in [-0.39, 0.29) is 5.92 Å². The first-order chi connectivity index (χ1) is 13.1. The molecule has 0 aliphatic carbocycles.